The van der Waals surface area contributed by atoms with Crippen LogP contribution in [-0.4, -0.2) is 76.8 Å². The summed E-state index contributed by atoms with van der Waals surface area (Å²) in [7, 11) is 1.76. The molecule has 1 aromatic carbocycles. The van der Waals surface area contributed by atoms with E-state index in [4.69, 9.17) is 0 Å². The van der Waals surface area contributed by atoms with Gasteiger partial charge in [-0.05, 0) is 63.8 Å². The van der Waals surface area contributed by atoms with Crippen molar-refractivity contribution in [1.82, 2.24) is 25.4 Å². The van der Waals surface area contributed by atoms with Crippen LogP contribution in [0.2, 0.25) is 0 Å². The molecular formula is C29H41N5O3. The van der Waals surface area contributed by atoms with Gasteiger partial charge in [-0.1, -0.05) is 30.9 Å². The van der Waals surface area contributed by atoms with Crippen LogP contribution in [0.15, 0.2) is 24.4 Å². The molecule has 3 aliphatic rings. The van der Waals surface area contributed by atoms with E-state index in [1.165, 1.54) is 17.5 Å². The third-order valence-corrected chi connectivity index (χ3v) is 9.09. The molecule has 0 unspecified atom stereocenters. The van der Waals surface area contributed by atoms with E-state index in [0.717, 1.165) is 43.0 Å². The van der Waals surface area contributed by atoms with Gasteiger partial charge in [-0.2, -0.15) is 0 Å². The van der Waals surface area contributed by atoms with Gasteiger partial charge in [0.2, 0.25) is 17.7 Å². The Morgan fingerprint density at radius 2 is 1.84 bits per heavy atom. The fourth-order valence-corrected chi connectivity index (χ4v) is 6.98. The Bertz CT molecular complexity index is 1170. The second kappa shape index (κ2) is 10.5. The number of benzene rings is 1. The van der Waals surface area contributed by atoms with Crippen molar-refractivity contribution in [1.29, 1.82) is 0 Å². The van der Waals surface area contributed by atoms with Crippen LogP contribution in [-0.2, 0) is 14.4 Å². The monoisotopic (exact) mass is 507 g/mol. The molecule has 1 saturated carbocycles. The van der Waals surface area contributed by atoms with Crippen molar-refractivity contribution >= 4 is 28.6 Å². The molecule has 0 spiro atoms. The number of likely N-dealkylation sites (tertiary alicyclic amines) is 2. The summed E-state index contributed by atoms with van der Waals surface area (Å²) in [4.78, 5) is 47.3. The van der Waals surface area contributed by atoms with Crippen molar-refractivity contribution < 1.29 is 14.4 Å². The minimum atomic E-state index is -0.528. The minimum Gasteiger partial charge on any atom is -0.361 e. The molecule has 37 heavy (non-hydrogen) atoms. The molecule has 3 N–H and O–H groups in total. The molecule has 0 bridgehead atoms. The van der Waals surface area contributed by atoms with E-state index < -0.39 is 6.04 Å². The molecule has 1 aliphatic carbocycles. The van der Waals surface area contributed by atoms with Gasteiger partial charge in [0.25, 0.3) is 0 Å². The number of amides is 3. The standard InChI is InChI=1S/C29H41N5O3/c1-17-10-11-24-21(14-17)22(15-31-24)23-16-34(19(3)35)25-12-13-33(27(23)25)29(37)26(20-8-6-5-7-9-20)32-28(36)18(2)30-4/h10-11,14-15,18,20,23,25-27,30-31H,5-9,12-13,16H2,1-4H3,(H,32,36)/t18-,23+,25+,26-,27+/m0/s1. The first-order valence-corrected chi connectivity index (χ1v) is 13.9. The Morgan fingerprint density at radius 3 is 2.54 bits per heavy atom. The Labute approximate surface area is 219 Å². The zero-order valence-electron chi connectivity index (χ0n) is 22.5. The molecule has 2 saturated heterocycles. The molecule has 8 heteroatoms. The summed E-state index contributed by atoms with van der Waals surface area (Å²) in [6.07, 6.45) is 8.11. The summed E-state index contributed by atoms with van der Waals surface area (Å²) in [6.45, 7) is 6.75. The minimum absolute atomic E-state index is 0.000138. The smallest absolute Gasteiger partial charge is 0.245 e. The highest BCUT2D eigenvalue weighted by Gasteiger charge is 2.53. The van der Waals surface area contributed by atoms with Crippen molar-refractivity contribution in [2.45, 2.75) is 89.4 Å². The van der Waals surface area contributed by atoms with E-state index in [-0.39, 0.29) is 47.7 Å². The maximum atomic E-state index is 14.3. The number of nitrogens with one attached hydrogen (secondary N) is 3. The van der Waals surface area contributed by atoms with Gasteiger partial charge in [0, 0.05) is 43.0 Å². The molecule has 0 radical (unpaired) electrons. The Kier molecular flexibility index (Phi) is 7.30. The SMILES string of the molecule is CN[C@@H](C)C(=O)N[C@H](C(=O)N1CC[C@@H]2[C@H]1[C@@H](c1c[nH]c3ccc(C)cc13)CN2C(C)=O)C1CCCCC1. The number of hydrogen-bond acceptors (Lipinski definition) is 4. The first kappa shape index (κ1) is 25.8. The molecule has 5 atom stereocenters. The number of likely N-dealkylation sites (N-methyl/N-ethyl adjacent to an activating group) is 1. The first-order chi connectivity index (χ1) is 17.8. The fourth-order valence-electron chi connectivity index (χ4n) is 6.98. The lowest BCUT2D eigenvalue weighted by molar-refractivity contribution is -0.140. The number of fused-ring (bicyclic) bond motifs is 2. The zero-order valence-corrected chi connectivity index (χ0v) is 22.5. The number of aryl methyl sites for hydroxylation is 1. The van der Waals surface area contributed by atoms with Gasteiger partial charge in [0.05, 0.1) is 18.1 Å². The lowest BCUT2D eigenvalue weighted by Crippen LogP contribution is -2.57. The predicted molar refractivity (Wildman–Crippen MR) is 144 cm³/mol. The number of rotatable bonds is 6. The number of aromatic nitrogens is 1. The van der Waals surface area contributed by atoms with E-state index in [1.807, 2.05) is 16.7 Å². The van der Waals surface area contributed by atoms with Gasteiger partial charge in [-0.3, -0.25) is 14.4 Å². The topological polar surface area (TPSA) is 97.5 Å². The summed E-state index contributed by atoms with van der Waals surface area (Å²) in [5.41, 5.74) is 3.42. The third-order valence-electron chi connectivity index (χ3n) is 9.09. The molecule has 3 amide bonds. The highest BCUT2D eigenvalue weighted by molar-refractivity contribution is 5.91. The van der Waals surface area contributed by atoms with Crippen molar-refractivity contribution in [3.8, 4) is 0 Å². The molecule has 3 heterocycles. The average Bonchev–Trinajstić information content (AvgIpc) is 3.60. The number of carbonyl (C=O) groups excluding carboxylic acids is 3. The number of carbonyl (C=O) groups is 3. The van der Waals surface area contributed by atoms with Crippen LogP contribution >= 0.6 is 0 Å². The summed E-state index contributed by atoms with van der Waals surface area (Å²) < 4.78 is 0. The molecule has 2 aromatic rings. The van der Waals surface area contributed by atoms with Gasteiger partial charge >= 0.3 is 0 Å². The van der Waals surface area contributed by atoms with Crippen LogP contribution in [0.25, 0.3) is 10.9 Å². The fraction of sp³-hybridized carbons (Fsp3) is 0.621. The Hall–Kier alpha value is -2.87. The second-order valence-corrected chi connectivity index (χ2v) is 11.3. The van der Waals surface area contributed by atoms with Crippen LogP contribution in [0, 0.1) is 12.8 Å². The maximum Gasteiger partial charge on any atom is 0.245 e. The Morgan fingerprint density at radius 1 is 1.08 bits per heavy atom. The molecule has 5 rings (SSSR count). The van der Waals surface area contributed by atoms with Crippen LogP contribution < -0.4 is 10.6 Å². The number of aromatic amines is 1. The first-order valence-electron chi connectivity index (χ1n) is 13.9. The van der Waals surface area contributed by atoms with E-state index in [2.05, 4.69) is 46.9 Å². The molecular weight excluding hydrogens is 466 g/mol. The molecule has 3 fully saturated rings. The van der Waals surface area contributed by atoms with E-state index in [1.54, 1.807) is 14.0 Å². The second-order valence-electron chi connectivity index (χ2n) is 11.3. The largest absolute Gasteiger partial charge is 0.361 e. The summed E-state index contributed by atoms with van der Waals surface area (Å²) in [5.74, 6) is 0.107. The zero-order chi connectivity index (χ0) is 26.3. The maximum absolute atomic E-state index is 14.3. The van der Waals surface area contributed by atoms with Crippen molar-refractivity contribution in [2.24, 2.45) is 5.92 Å². The van der Waals surface area contributed by atoms with Crippen LogP contribution in [0.4, 0.5) is 0 Å². The summed E-state index contributed by atoms with van der Waals surface area (Å²) in [5, 5.41) is 7.30. The number of hydrogen-bond donors (Lipinski definition) is 3. The van der Waals surface area contributed by atoms with Crippen LogP contribution in [0.1, 0.15) is 69.4 Å². The third kappa shape index (κ3) is 4.76. The predicted octanol–water partition coefficient (Wildman–Crippen LogP) is 3.06. The summed E-state index contributed by atoms with van der Waals surface area (Å²) >= 11 is 0. The number of nitrogens with zero attached hydrogens (tertiary/aromatic N) is 2. The molecule has 2 aliphatic heterocycles. The number of H-pyrrole nitrogens is 1. The van der Waals surface area contributed by atoms with Crippen LogP contribution in [0.5, 0.6) is 0 Å². The quantitative estimate of drug-likeness (QED) is 0.560. The van der Waals surface area contributed by atoms with Gasteiger partial charge in [-0.15, -0.1) is 0 Å². The van der Waals surface area contributed by atoms with Gasteiger partial charge in [0.1, 0.15) is 6.04 Å². The molecule has 8 nitrogen and oxygen atoms in total. The normalized spacial score (nSPS) is 25.8. The van der Waals surface area contributed by atoms with E-state index in [0.29, 0.717) is 13.1 Å². The lowest BCUT2D eigenvalue weighted by Gasteiger charge is -2.36. The van der Waals surface area contributed by atoms with Gasteiger partial charge in [0.15, 0.2) is 0 Å². The highest BCUT2D eigenvalue weighted by Crippen LogP contribution is 2.44. The average molecular weight is 508 g/mol. The van der Waals surface area contributed by atoms with Crippen LogP contribution in [0.3, 0.4) is 0 Å². The highest BCUT2D eigenvalue weighted by atomic mass is 16.2. The van der Waals surface area contributed by atoms with Crippen molar-refractivity contribution in [3.05, 3.63) is 35.5 Å². The van der Waals surface area contributed by atoms with E-state index >= 15 is 0 Å². The van der Waals surface area contributed by atoms with Gasteiger partial charge in [-0.25, -0.2) is 0 Å². The summed E-state index contributed by atoms with van der Waals surface area (Å²) in [6, 6.07) is 5.39. The van der Waals surface area contributed by atoms with Gasteiger partial charge < -0.3 is 25.4 Å². The van der Waals surface area contributed by atoms with Crippen molar-refractivity contribution in [2.75, 3.05) is 20.1 Å². The molecule has 200 valence electrons. The Balaban J connectivity index is 1.49. The molecule has 1 aromatic heterocycles. The van der Waals surface area contributed by atoms with E-state index in [9.17, 15) is 14.4 Å². The lowest BCUT2D eigenvalue weighted by atomic mass is 9.82. The van der Waals surface area contributed by atoms with Crippen molar-refractivity contribution in [3.63, 3.8) is 0 Å².